The molecule has 9 rings (SSSR count). The molecule has 2 aliphatic rings. The van der Waals surface area contributed by atoms with Gasteiger partial charge in [0.25, 0.3) is 11.8 Å². The molecule has 13 heteroatoms. The Kier molecular flexibility index (Phi) is 13.2. The van der Waals surface area contributed by atoms with Crippen molar-refractivity contribution < 1.29 is 42.6 Å². The number of nitrogens with one attached hydrogen (secondary N) is 2. The first-order chi connectivity index (χ1) is 34.2. The smallest absolute Gasteiger partial charge is 0.497 e. The van der Waals surface area contributed by atoms with Crippen molar-refractivity contribution in [2.24, 2.45) is 0 Å². The van der Waals surface area contributed by atoms with Crippen LogP contribution in [0.15, 0.2) is 146 Å². The highest BCUT2D eigenvalue weighted by Crippen LogP contribution is 2.46. The summed E-state index contributed by atoms with van der Waals surface area (Å²) in [6.07, 6.45) is -0.384. The third-order valence-corrected chi connectivity index (χ3v) is 12.2. The molecular formula is C57H47BN4O8. The minimum Gasteiger partial charge on any atom is -0.497 e. The van der Waals surface area contributed by atoms with Gasteiger partial charge in [0.05, 0.1) is 38.6 Å². The van der Waals surface area contributed by atoms with Gasteiger partial charge in [0.1, 0.15) is 24.6 Å². The molecule has 6 aromatic carbocycles. The summed E-state index contributed by atoms with van der Waals surface area (Å²) in [6.45, 7) is 3.32. The van der Waals surface area contributed by atoms with E-state index in [9.17, 15) is 19.2 Å². The number of hydrogen-bond donors (Lipinski definition) is 2. The lowest BCUT2D eigenvalue weighted by atomic mass is 9.45. The molecule has 2 amide bonds. The van der Waals surface area contributed by atoms with E-state index < -0.39 is 30.2 Å². The van der Waals surface area contributed by atoms with Gasteiger partial charge in [-0.25, -0.2) is 0 Å². The monoisotopic (exact) mass is 926 g/mol. The zero-order chi connectivity index (χ0) is 48.8. The van der Waals surface area contributed by atoms with Crippen molar-refractivity contribution in [1.29, 1.82) is 0 Å². The quantitative estimate of drug-likeness (QED) is 0.0722. The topological polar surface area (TPSA) is 137 Å². The number of carbonyl (C=O) groups excluding carboxylic acids is 4. The summed E-state index contributed by atoms with van der Waals surface area (Å²) in [6, 6.07) is 46.3. The van der Waals surface area contributed by atoms with Crippen LogP contribution in [0.2, 0.25) is 0 Å². The van der Waals surface area contributed by atoms with Crippen molar-refractivity contribution >= 4 is 58.4 Å². The van der Waals surface area contributed by atoms with E-state index in [1.165, 1.54) is 0 Å². The summed E-state index contributed by atoms with van der Waals surface area (Å²) >= 11 is 0. The maximum atomic E-state index is 13.1. The molecular weight excluding hydrogens is 879 g/mol. The van der Waals surface area contributed by atoms with Crippen LogP contribution < -0.4 is 20.1 Å². The Morgan fingerprint density at radius 3 is 1.54 bits per heavy atom. The van der Waals surface area contributed by atoms with Crippen LogP contribution >= 0.6 is 0 Å². The molecule has 0 radical (unpaired) electrons. The molecule has 0 atom stereocenters. The summed E-state index contributed by atoms with van der Waals surface area (Å²) in [7, 11) is 3.28. The molecule has 7 aromatic rings. The van der Waals surface area contributed by atoms with E-state index in [1.807, 2.05) is 72.8 Å². The average Bonchev–Trinajstić information content (AvgIpc) is 3.92. The van der Waals surface area contributed by atoms with Gasteiger partial charge in [-0.05, 0) is 129 Å². The van der Waals surface area contributed by atoms with Crippen molar-refractivity contribution in [3.63, 3.8) is 0 Å². The zero-order valence-electron chi connectivity index (χ0n) is 39.0. The fourth-order valence-electron chi connectivity index (χ4n) is 8.99. The van der Waals surface area contributed by atoms with E-state index in [-0.39, 0.29) is 26.3 Å². The summed E-state index contributed by atoms with van der Waals surface area (Å²) in [5, 5.41) is 7.24. The van der Waals surface area contributed by atoms with Gasteiger partial charge in [-0.15, -0.1) is 11.8 Å². The van der Waals surface area contributed by atoms with Crippen molar-refractivity contribution in [3.8, 4) is 46.2 Å². The third kappa shape index (κ3) is 8.92. The molecule has 1 aromatic heterocycles. The van der Waals surface area contributed by atoms with Gasteiger partial charge >= 0.3 is 18.4 Å². The number of methoxy groups -OCH3 is 2. The van der Waals surface area contributed by atoms with Crippen LogP contribution in [-0.2, 0) is 19.1 Å². The molecule has 70 heavy (non-hydrogen) atoms. The largest absolute Gasteiger partial charge is 0.521 e. The SMILES string of the molecule is CCOC(=O)CNC(=O)c1ccc(C#C[B-]2(C#Cc3ccc(C(=O)NCC(=O)OCC)cc3)n3c(c4ccccc4c3-c3ccc(OC)cc3)C=C3c4ccccc4C(c4ccc(OC)cc4)=[N+]32)cc1. The summed E-state index contributed by atoms with van der Waals surface area (Å²) < 4.78 is 25.8. The lowest BCUT2D eigenvalue weighted by Crippen LogP contribution is -2.56. The Balaban J connectivity index is 1.31. The highest BCUT2D eigenvalue weighted by molar-refractivity contribution is 6.88. The van der Waals surface area contributed by atoms with Crippen LogP contribution in [-0.4, -0.2) is 85.4 Å². The fraction of sp³-hybridized carbons (Fsp3) is 0.140. The number of fused-ring (bicyclic) bond motifs is 6. The number of rotatable bonds is 12. The van der Waals surface area contributed by atoms with E-state index in [0.29, 0.717) is 33.8 Å². The number of benzene rings is 6. The minimum absolute atomic E-state index is 0.211. The van der Waals surface area contributed by atoms with Crippen LogP contribution in [0.25, 0.3) is 33.8 Å². The molecule has 0 fully saturated rings. The highest BCUT2D eigenvalue weighted by Gasteiger charge is 2.51. The zero-order valence-corrected chi connectivity index (χ0v) is 39.0. The third-order valence-electron chi connectivity index (χ3n) is 12.2. The van der Waals surface area contributed by atoms with Gasteiger partial charge in [-0.3, -0.25) is 19.2 Å². The Hall–Kier alpha value is -9.07. The maximum Gasteiger partial charge on any atom is 0.521 e. The number of nitrogens with zero attached hydrogens (tertiary/aromatic N) is 2. The lowest BCUT2D eigenvalue weighted by molar-refractivity contribution is -0.279. The fourth-order valence-corrected chi connectivity index (χ4v) is 8.99. The molecule has 0 saturated heterocycles. The number of aromatic nitrogens is 1. The van der Waals surface area contributed by atoms with E-state index in [1.54, 1.807) is 76.6 Å². The van der Waals surface area contributed by atoms with Gasteiger partial charge in [0, 0.05) is 56.1 Å². The van der Waals surface area contributed by atoms with E-state index >= 15 is 0 Å². The van der Waals surface area contributed by atoms with E-state index in [0.717, 1.165) is 55.8 Å². The summed E-state index contributed by atoms with van der Waals surface area (Å²) in [4.78, 5) is 50.3. The number of carbonyl (C=O) groups is 4. The average molecular weight is 927 g/mol. The Morgan fingerprint density at radius 2 is 1.04 bits per heavy atom. The normalized spacial score (nSPS) is 12.7. The molecule has 0 spiro atoms. The molecule has 0 unspecified atom stereocenters. The second-order valence-corrected chi connectivity index (χ2v) is 16.3. The van der Waals surface area contributed by atoms with Crippen LogP contribution in [0.3, 0.4) is 0 Å². The number of esters is 2. The number of amides is 2. The molecule has 2 N–H and O–H groups in total. The van der Waals surface area contributed by atoms with Gasteiger partial charge in [-0.1, -0.05) is 36.4 Å². The Labute approximate surface area is 405 Å². The number of ether oxygens (including phenoxy) is 4. The van der Waals surface area contributed by atoms with E-state index in [4.69, 9.17) is 18.9 Å². The van der Waals surface area contributed by atoms with Gasteiger partial charge in [0.2, 0.25) is 0 Å². The predicted octanol–water partition coefficient (Wildman–Crippen LogP) is 7.76. The molecule has 0 aliphatic carbocycles. The summed E-state index contributed by atoms with van der Waals surface area (Å²) in [5.74, 6) is 14.2. The standard InChI is InChI=1S/C57H47BN4O8/c1-5-69-52(63)36-59-56(65)42-19-15-38(16-20-42)31-33-58(34-32-39-17-21-43(22-18-39)57(66)60-37-53(64)70-6-2)61-50(46-11-7-9-13-48(46)54(61)40-23-27-44(67-3)28-24-40)35-51-47-12-8-10-14-49(47)55(62(51)58)41-25-29-45(68-4)30-26-41/h7-30,35H,5-6,36-37H2,1-4H3,(H,59,65)(H,60,66). The predicted molar refractivity (Wildman–Crippen MR) is 270 cm³/mol. The van der Waals surface area contributed by atoms with E-state index in [2.05, 4.69) is 73.4 Å². The molecule has 0 saturated carbocycles. The molecule has 346 valence electrons. The van der Waals surface area contributed by atoms with Crippen LogP contribution in [0.5, 0.6) is 11.5 Å². The lowest BCUT2D eigenvalue weighted by Gasteiger charge is -2.37. The highest BCUT2D eigenvalue weighted by atomic mass is 16.5. The minimum atomic E-state index is -2.61. The van der Waals surface area contributed by atoms with Gasteiger partial charge in [-0.2, -0.15) is 11.6 Å². The maximum absolute atomic E-state index is 13.1. The van der Waals surface area contributed by atoms with Gasteiger partial charge in [0.15, 0.2) is 11.4 Å². The first-order valence-corrected chi connectivity index (χ1v) is 22.9. The molecule has 0 bridgehead atoms. The van der Waals surface area contributed by atoms with Crippen molar-refractivity contribution in [2.75, 3.05) is 40.5 Å². The first-order valence-electron chi connectivity index (χ1n) is 22.9. The Bertz CT molecular complexity index is 3290. The second kappa shape index (κ2) is 20.0. The Morgan fingerprint density at radius 1 is 0.571 bits per heavy atom. The van der Waals surface area contributed by atoms with Crippen LogP contribution in [0.4, 0.5) is 0 Å². The van der Waals surface area contributed by atoms with Crippen molar-refractivity contribution in [2.45, 2.75) is 13.8 Å². The molecule has 2 aliphatic heterocycles. The second-order valence-electron chi connectivity index (χ2n) is 16.3. The number of hydrogen-bond acceptors (Lipinski definition) is 8. The molecule has 3 heterocycles. The van der Waals surface area contributed by atoms with Crippen molar-refractivity contribution in [3.05, 3.63) is 190 Å². The first kappa shape index (κ1) is 46.1. The molecule has 12 nitrogen and oxygen atoms in total. The summed E-state index contributed by atoms with van der Waals surface area (Å²) in [5.41, 5.74) is 9.34. The van der Waals surface area contributed by atoms with Crippen LogP contribution in [0.1, 0.15) is 68.1 Å². The van der Waals surface area contributed by atoms with Crippen molar-refractivity contribution in [1.82, 2.24) is 15.1 Å². The van der Waals surface area contributed by atoms with Crippen LogP contribution in [0, 0.1) is 23.5 Å². The van der Waals surface area contributed by atoms with Gasteiger partial charge < -0.3 is 38.5 Å².